The van der Waals surface area contributed by atoms with Gasteiger partial charge in [0.15, 0.2) is 10.3 Å². The molecule has 0 saturated heterocycles. The molecular formula is C16H22N4S4. The third-order valence-corrected chi connectivity index (χ3v) is 7.31. The van der Waals surface area contributed by atoms with E-state index >= 15 is 0 Å². The van der Waals surface area contributed by atoms with E-state index in [1.54, 1.807) is 21.6 Å². The lowest BCUT2D eigenvalue weighted by Crippen LogP contribution is -1.92. The van der Waals surface area contributed by atoms with Crippen LogP contribution in [0.5, 0.6) is 0 Å². The van der Waals surface area contributed by atoms with Gasteiger partial charge in [-0.25, -0.2) is 19.9 Å². The Bertz CT molecular complexity index is 569. The van der Waals surface area contributed by atoms with E-state index in [1.807, 2.05) is 61.4 Å². The number of aryl methyl sites for hydroxylation is 4. The molecule has 0 aliphatic rings. The molecule has 0 aliphatic heterocycles. The molecule has 0 aromatic carbocycles. The van der Waals surface area contributed by atoms with Crippen molar-refractivity contribution in [2.75, 3.05) is 11.5 Å². The van der Waals surface area contributed by atoms with Crippen LogP contribution in [-0.4, -0.2) is 31.4 Å². The molecule has 0 spiro atoms. The Morgan fingerprint density at radius 2 is 0.958 bits per heavy atom. The van der Waals surface area contributed by atoms with E-state index in [4.69, 9.17) is 0 Å². The highest BCUT2D eigenvalue weighted by atomic mass is 33.1. The van der Waals surface area contributed by atoms with Crippen molar-refractivity contribution in [1.29, 1.82) is 0 Å². The molecule has 0 amide bonds. The molecule has 0 atom stereocenters. The van der Waals surface area contributed by atoms with Gasteiger partial charge >= 0.3 is 0 Å². The summed E-state index contributed by atoms with van der Waals surface area (Å²) in [5.41, 5.74) is 4.14. The molecule has 24 heavy (non-hydrogen) atoms. The number of hydrogen-bond donors (Lipinski definition) is 0. The third kappa shape index (κ3) is 7.63. The molecule has 2 aromatic heterocycles. The minimum atomic E-state index is 0.870. The standard InChI is InChI=1S/C16H22N4S4/c1-11-9-12(2)18-15(17-11)23-21-7-5-6-8-22-24-16-19-13(3)10-14(4)20-16/h9-10H,5-8H2,1-4H3. The van der Waals surface area contributed by atoms with Gasteiger partial charge in [-0.1, -0.05) is 21.6 Å². The van der Waals surface area contributed by atoms with E-state index in [-0.39, 0.29) is 0 Å². The highest BCUT2D eigenvalue weighted by Crippen LogP contribution is 2.31. The summed E-state index contributed by atoms with van der Waals surface area (Å²) in [6.45, 7) is 8.05. The monoisotopic (exact) mass is 398 g/mol. The van der Waals surface area contributed by atoms with Crippen LogP contribution in [0.2, 0.25) is 0 Å². The van der Waals surface area contributed by atoms with Crippen LogP contribution in [0.1, 0.15) is 35.6 Å². The largest absolute Gasteiger partial charge is 0.227 e. The molecule has 2 heterocycles. The van der Waals surface area contributed by atoms with Gasteiger partial charge in [-0.2, -0.15) is 0 Å². The molecule has 8 heteroatoms. The molecule has 0 N–H and O–H groups in total. The Hall–Kier alpha value is -0.440. The molecule has 0 saturated carbocycles. The maximum absolute atomic E-state index is 4.44. The first kappa shape index (κ1) is 19.9. The van der Waals surface area contributed by atoms with Crippen molar-refractivity contribution in [3.05, 3.63) is 34.9 Å². The van der Waals surface area contributed by atoms with E-state index < -0.39 is 0 Å². The number of aromatic nitrogens is 4. The van der Waals surface area contributed by atoms with E-state index in [2.05, 4.69) is 19.9 Å². The Morgan fingerprint density at radius 1 is 0.625 bits per heavy atom. The topological polar surface area (TPSA) is 51.6 Å². The SMILES string of the molecule is Cc1cc(C)nc(SSCCCCSSc2nc(C)cc(C)n2)n1. The van der Waals surface area contributed by atoms with Crippen molar-refractivity contribution >= 4 is 43.2 Å². The lowest BCUT2D eigenvalue weighted by molar-refractivity contribution is 0.903. The molecule has 0 aliphatic carbocycles. The van der Waals surface area contributed by atoms with Gasteiger partial charge in [0.25, 0.3) is 0 Å². The number of nitrogens with zero attached hydrogens (tertiary/aromatic N) is 4. The second-order valence-corrected chi connectivity index (χ2v) is 10.2. The van der Waals surface area contributed by atoms with E-state index in [0.29, 0.717) is 0 Å². The van der Waals surface area contributed by atoms with Crippen LogP contribution in [0.25, 0.3) is 0 Å². The van der Waals surface area contributed by atoms with Gasteiger partial charge < -0.3 is 0 Å². The summed E-state index contributed by atoms with van der Waals surface area (Å²) in [6, 6.07) is 4.01. The number of rotatable bonds is 9. The van der Waals surface area contributed by atoms with Gasteiger partial charge in [-0.15, -0.1) is 0 Å². The van der Waals surface area contributed by atoms with Gasteiger partial charge in [0.1, 0.15) is 0 Å². The predicted molar refractivity (Wildman–Crippen MR) is 109 cm³/mol. The molecule has 0 bridgehead atoms. The third-order valence-electron chi connectivity index (χ3n) is 2.90. The molecule has 130 valence electrons. The molecule has 0 radical (unpaired) electrons. The number of hydrogen-bond acceptors (Lipinski definition) is 8. The normalized spacial score (nSPS) is 11.0. The average molecular weight is 399 g/mol. The summed E-state index contributed by atoms with van der Waals surface area (Å²) in [5, 5.41) is 1.74. The lowest BCUT2D eigenvalue weighted by Gasteiger charge is -2.03. The molecule has 4 nitrogen and oxygen atoms in total. The van der Waals surface area contributed by atoms with Crippen LogP contribution in [0.15, 0.2) is 22.4 Å². The van der Waals surface area contributed by atoms with Crippen molar-refractivity contribution in [3.63, 3.8) is 0 Å². The van der Waals surface area contributed by atoms with Crippen LogP contribution in [0.3, 0.4) is 0 Å². The zero-order valence-corrected chi connectivity index (χ0v) is 17.7. The summed E-state index contributed by atoms with van der Waals surface area (Å²) >= 11 is 0. The van der Waals surface area contributed by atoms with Crippen LogP contribution in [0, 0.1) is 27.7 Å². The Kier molecular flexibility index (Phi) is 8.72. The minimum Gasteiger partial charge on any atom is -0.227 e. The molecule has 2 rings (SSSR count). The highest BCUT2D eigenvalue weighted by molar-refractivity contribution is 8.77. The van der Waals surface area contributed by atoms with Crippen molar-refractivity contribution in [3.8, 4) is 0 Å². The lowest BCUT2D eigenvalue weighted by atomic mass is 10.4. The average Bonchev–Trinajstić information content (AvgIpc) is 2.48. The minimum absolute atomic E-state index is 0.870. The fourth-order valence-corrected chi connectivity index (χ4v) is 6.01. The zero-order valence-electron chi connectivity index (χ0n) is 14.4. The van der Waals surface area contributed by atoms with Crippen molar-refractivity contribution in [2.24, 2.45) is 0 Å². The summed E-state index contributed by atoms with van der Waals surface area (Å²) in [4.78, 5) is 17.8. The first-order valence-electron chi connectivity index (χ1n) is 7.76. The Morgan fingerprint density at radius 3 is 1.29 bits per heavy atom. The zero-order chi connectivity index (χ0) is 17.4. The maximum Gasteiger partial charge on any atom is 0.198 e. The fraction of sp³-hybridized carbons (Fsp3) is 0.500. The maximum atomic E-state index is 4.44. The summed E-state index contributed by atoms with van der Waals surface area (Å²) in [6.07, 6.45) is 2.40. The quantitative estimate of drug-likeness (QED) is 0.313. The van der Waals surface area contributed by atoms with Crippen LogP contribution >= 0.6 is 43.2 Å². The van der Waals surface area contributed by atoms with Crippen molar-refractivity contribution < 1.29 is 0 Å². The van der Waals surface area contributed by atoms with E-state index in [9.17, 15) is 0 Å². The smallest absolute Gasteiger partial charge is 0.198 e. The molecule has 0 unspecified atom stereocenters. The van der Waals surface area contributed by atoms with E-state index in [1.165, 1.54) is 12.8 Å². The molecule has 2 aromatic rings. The first-order chi connectivity index (χ1) is 11.5. The molecular weight excluding hydrogens is 376 g/mol. The van der Waals surface area contributed by atoms with Gasteiger partial charge in [0, 0.05) is 34.3 Å². The second-order valence-electron chi connectivity index (χ2n) is 5.38. The predicted octanol–water partition coefficient (Wildman–Crippen LogP) is 5.46. The first-order valence-corrected chi connectivity index (χ1v) is 12.4. The van der Waals surface area contributed by atoms with Crippen molar-refractivity contribution in [2.45, 2.75) is 50.8 Å². The van der Waals surface area contributed by atoms with E-state index in [0.717, 1.165) is 44.6 Å². The van der Waals surface area contributed by atoms with Gasteiger partial charge in [0.05, 0.1) is 0 Å². The highest BCUT2D eigenvalue weighted by Gasteiger charge is 2.03. The van der Waals surface area contributed by atoms with Gasteiger partial charge in [-0.05, 0) is 74.3 Å². The fourth-order valence-electron chi connectivity index (χ4n) is 1.97. The van der Waals surface area contributed by atoms with Crippen LogP contribution in [0.4, 0.5) is 0 Å². The van der Waals surface area contributed by atoms with Crippen molar-refractivity contribution in [1.82, 2.24) is 19.9 Å². The summed E-state index contributed by atoms with van der Waals surface area (Å²) in [5.74, 6) is 2.23. The molecule has 0 fully saturated rings. The number of unbranched alkanes of at least 4 members (excludes halogenated alkanes) is 1. The Labute approximate surface area is 160 Å². The summed E-state index contributed by atoms with van der Waals surface area (Å²) < 4.78 is 0. The second kappa shape index (κ2) is 10.5. The summed E-state index contributed by atoms with van der Waals surface area (Å²) in [7, 11) is 7.02. The van der Waals surface area contributed by atoms with Gasteiger partial charge in [-0.3, -0.25) is 0 Å². The van der Waals surface area contributed by atoms with Gasteiger partial charge in [0.2, 0.25) is 0 Å². The van der Waals surface area contributed by atoms with Crippen LogP contribution < -0.4 is 0 Å². The Balaban J connectivity index is 1.55. The van der Waals surface area contributed by atoms with Crippen LogP contribution in [-0.2, 0) is 0 Å².